The number of nitrogens with one attached hydrogen (secondary N) is 2. The van der Waals surface area contributed by atoms with Gasteiger partial charge in [-0.2, -0.15) is 0 Å². The van der Waals surface area contributed by atoms with Gasteiger partial charge in [0.05, 0.1) is 17.1 Å². The van der Waals surface area contributed by atoms with Crippen molar-refractivity contribution in [3.63, 3.8) is 0 Å². The number of H-pyrrole nitrogens is 1. The second-order valence-corrected chi connectivity index (χ2v) is 10.5. The third kappa shape index (κ3) is 2.73. The van der Waals surface area contributed by atoms with Crippen LogP contribution in [0.25, 0.3) is 0 Å². The summed E-state index contributed by atoms with van der Waals surface area (Å²) < 4.78 is 6.48. The molecule has 5 aliphatic rings. The number of aromatic nitrogens is 1. The Labute approximate surface area is 198 Å². The summed E-state index contributed by atoms with van der Waals surface area (Å²) in [5.41, 5.74) is 1.15. The Bertz CT molecular complexity index is 1100. The maximum absolute atomic E-state index is 12.9. The van der Waals surface area contributed by atoms with Gasteiger partial charge in [-0.3, -0.25) is 9.69 Å². The van der Waals surface area contributed by atoms with Gasteiger partial charge in [0.2, 0.25) is 0 Å². The molecule has 2 saturated carbocycles. The zero-order valence-corrected chi connectivity index (χ0v) is 19.2. The van der Waals surface area contributed by atoms with Crippen molar-refractivity contribution in [3.8, 4) is 11.5 Å². The lowest BCUT2D eigenvalue weighted by atomic mass is 9.48. The first kappa shape index (κ1) is 21.3. The zero-order chi connectivity index (χ0) is 21.7. The van der Waals surface area contributed by atoms with E-state index in [1.807, 2.05) is 6.07 Å². The number of halogens is 1. The molecule has 2 bridgehead atoms. The molecule has 3 fully saturated rings. The fourth-order valence-corrected chi connectivity index (χ4v) is 7.35. The van der Waals surface area contributed by atoms with Crippen LogP contribution in [0, 0.1) is 5.92 Å². The van der Waals surface area contributed by atoms with Crippen LogP contribution in [0.15, 0.2) is 30.5 Å². The van der Waals surface area contributed by atoms with Crippen LogP contribution < -0.4 is 10.1 Å². The second-order valence-electron chi connectivity index (χ2n) is 10.5. The first-order valence-electron chi connectivity index (χ1n) is 11.9. The monoisotopic (exact) mass is 471 g/mol. The van der Waals surface area contributed by atoms with E-state index < -0.39 is 17.1 Å². The predicted octanol–water partition coefficient (Wildman–Crippen LogP) is 2.50. The molecule has 1 aromatic carbocycles. The average Bonchev–Trinajstić information content (AvgIpc) is 3.27. The van der Waals surface area contributed by atoms with Gasteiger partial charge >= 0.3 is 0 Å². The highest BCUT2D eigenvalue weighted by molar-refractivity contribution is 5.92. The van der Waals surface area contributed by atoms with E-state index in [1.165, 1.54) is 18.4 Å². The van der Waals surface area contributed by atoms with Crippen LogP contribution in [0.2, 0.25) is 0 Å². The molecule has 1 aromatic heterocycles. The van der Waals surface area contributed by atoms with Crippen LogP contribution in [-0.2, 0) is 11.8 Å². The van der Waals surface area contributed by atoms with E-state index in [0.29, 0.717) is 24.3 Å². The van der Waals surface area contributed by atoms with Crippen molar-refractivity contribution in [2.24, 2.45) is 5.92 Å². The number of likely N-dealkylation sites (tertiary alicyclic amines) is 1. The average molecular weight is 472 g/mol. The molecule has 5 atom stereocenters. The number of nitrogens with zero attached hydrogens (tertiary/aromatic N) is 1. The fourth-order valence-electron chi connectivity index (χ4n) is 7.35. The van der Waals surface area contributed by atoms with E-state index in [2.05, 4.69) is 15.2 Å². The molecule has 1 amide bonds. The number of benzene rings is 1. The highest BCUT2D eigenvalue weighted by Gasteiger charge is 2.73. The third-order valence-corrected chi connectivity index (χ3v) is 8.92. The van der Waals surface area contributed by atoms with E-state index in [9.17, 15) is 15.0 Å². The summed E-state index contributed by atoms with van der Waals surface area (Å²) >= 11 is 0. The van der Waals surface area contributed by atoms with Crippen LogP contribution in [-0.4, -0.2) is 62.9 Å². The fraction of sp³-hybridized carbons (Fsp3) is 0.560. The predicted molar refractivity (Wildman–Crippen MR) is 124 cm³/mol. The molecule has 3 aliphatic carbocycles. The molecule has 3 heterocycles. The van der Waals surface area contributed by atoms with Gasteiger partial charge in [-0.15, -0.1) is 12.4 Å². The largest absolute Gasteiger partial charge is 0.504 e. The lowest BCUT2D eigenvalue weighted by Crippen LogP contribution is -2.78. The summed E-state index contributed by atoms with van der Waals surface area (Å²) in [5.74, 6) is 1.24. The van der Waals surface area contributed by atoms with Gasteiger partial charge in [0, 0.05) is 24.3 Å². The van der Waals surface area contributed by atoms with Gasteiger partial charge < -0.3 is 25.3 Å². The van der Waals surface area contributed by atoms with Crippen molar-refractivity contribution in [3.05, 3.63) is 47.3 Å². The van der Waals surface area contributed by atoms with E-state index >= 15 is 0 Å². The van der Waals surface area contributed by atoms with Crippen LogP contribution in [0.1, 0.15) is 53.7 Å². The number of phenolic OH excluding ortho intramolecular Hbond substituents is 1. The van der Waals surface area contributed by atoms with Crippen LogP contribution in [0.3, 0.4) is 0 Å². The number of hydrogen-bond acceptors (Lipinski definition) is 5. The molecule has 7 nitrogen and oxygen atoms in total. The molecule has 176 valence electrons. The first-order chi connectivity index (χ1) is 15.5. The number of ether oxygens (including phenoxy) is 1. The SMILES string of the molecule is Cl.O=C(N[C@H]1CC[C@@]2(O)[C@H]3Cc4ccc(O)c5c4[C@@]2(CCN3CC2CC2)[C@H]1O5)c1ccc[nH]1. The smallest absolute Gasteiger partial charge is 0.268 e. The summed E-state index contributed by atoms with van der Waals surface area (Å²) in [7, 11) is 0. The normalized spacial score (nSPS) is 35.8. The van der Waals surface area contributed by atoms with Crippen LogP contribution in [0.5, 0.6) is 11.5 Å². The van der Waals surface area contributed by atoms with E-state index in [0.717, 1.165) is 37.4 Å². The van der Waals surface area contributed by atoms with Crippen LogP contribution in [0.4, 0.5) is 0 Å². The quantitative estimate of drug-likeness (QED) is 0.549. The molecule has 2 aromatic rings. The number of rotatable bonds is 4. The van der Waals surface area contributed by atoms with Gasteiger partial charge in [0.1, 0.15) is 11.8 Å². The summed E-state index contributed by atoms with van der Waals surface area (Å²) in [6, 6.07) is 7.11. The number of phenols is 1. The molecule has 0 unspecified atom stereocenters. The third-order valence-electron chi connectivity index (χ3n) is 8.92. The number of amides is 1. The molecule has 4 N–H and O–H groups in total. The number of aromatic amines is 1. The van der Waals surface area contributed by atoms with Gasteiger partial charge in [-0.1, -0.05) is 6.07 Å². The summed E-state index contributed by atoms with van der Waals surface area (Å²) in [5, 5.41) is 26.3. The molecule has 2 aliphatic heterocycles. The molecule has 1 spiro atoms. The Kier molecular flexibility index (Phi) is 4.61. The Morgan fingerprint density at radius 2 is 2.09 bits per heavy atom. The highest BCUT2D eigenvalue weighted by Crippen LogP contribution is 2.65. The number of carbonyl (C=O) groups is 1. The zero-order valence-electron chi connectivity index (χ0n) is 18.4. The highest BCUT2D eigenvalue weighted by atomic mass is 35.5. The maximum Gasteiger partial charge on any atom is 0.268 e. The molecular formula is C25H30ClN3O4. The lowest BCUT2D eigenvalue weighted by molar-refractivity contribution is -0.191. The van der Waals surface area contributed by atoms with Gasteiger partial charge in [-0.05, 0) is 74.8 Å². The summed E-state index contributed by atoms with van der Waals surface area (Å²) in [6.45, 7) is 1.97. The van der Waals surface area contributed by atoms with Crippen molar-refractivity contribution in [2.75, 3.05) is 13.1 Å². The molecule has 0 radical (unpaired) electrons. The number of aliphatic hydroxyl groups is 1. The standard InChI is InChI=1S/C25H29N3O4.ClH/c29-18-6-5-15-12-19-25(31)8-7-16(27-23(30)17-2-1-10-26-17)22-24(25,20(15)21(18)32-22)9-11-28(19)13-14-3-4-14;/h1-2,5-6,10,14,16,19,22,26,29,31H,3-4,7-9,11-13H2,(H,27,30);1H/t16-,19+,22-,24-,25+;/m0./s1. The molecule has 8 heteroatoms. The number of hydrogen-bond donors (Lipinski definition) is 4. The van der Waals surface area contributed by atoms with Gasteiger partial charge in [-0.25, -0.2) is 0 Å². The lowest BCUT2D eigenvalue weighted by Gasteiger charge is -2.64. The second kappa shape index (κ2) is 7.14. The Morgan fingerprint density at radius 3 is 2.85 bits per heavy atom. The molecule has 7 rings (SSSR count). The first-order valence-corrected chi connectivity index (χ1v) is 11.9. The Morgan fingerprint density at radius 1 is 1.24 bits per heavy atom. The van der Waals surface area contributed by atoms with Crippen molar-refractivity contribution in [2.45, 2.75) is 67.7 Å². The summed E-state index contributed by atoms with van der Waals surface area (Å²) in [4.78, 5) is 18.4. The number of piperidine rings is 1. The molecule has 33 heavy (non-hydrogen) atoms. The number of aromatic hydroxyl groups is 1. The molecular weight excluding hydrogens is 442 g/mol. The maximum atomic E-state index is 12.9. The topological polar surface area (TPSA) is 97.8 Å². The van der Waals surface area contributed by atoms with Crippen molar-refractivity contribution >= 4 is 18.3 Å². The van der Waals surface area contributed by atoms with Gasteiger partial charge in [0.15, 0.2) is 11.5 Å². The minimum atomic E-state index is -0.926. The Hall–Kier alpha value is -2.22. The minimum Gasteiger partial charge on any atom is -0.504 e. The van der Waals surface area contributed by atoms with E-state index in [4.69, 9.17) is 4.74 Å². The number of carbonyl (C=O) groups excluding carboxylic acids is 1. The molecule has 1 saturated heterocycles. The van der Waals surface area contributed by atoms with Crippen molar-refractivity contribution in [1.82, 2.24) is 15.2 Å². The van der Waals surface area contributed by atoms with E-state index in [-0.39, 0.29) is 36.1 Å². The van der Waals surface area contributed by atoms with E-state index in [1.54, 1.807) is 24.4 Å². The summed E-state index contributed by atoms with van der Waals surface area (Å²) in [6.07, 6.45) is 6.74. The van der Waals surface area contributed by atoms with Gasteiger partial charge in [0.25, 0.3) is 5.91 Å². The van der Waals surface area contributed by atoms with Crippen LogP contribution >= 0.6 is 12.4 Å². The van der Waals surface area contributed by atoms with Crippen molar-refractivity contribution in [1.29, 1.82) is 0 Å². The van der Waals surface area contributed by atoms with Crippen molar-refractivity contribution < 1.29 is 19.7 Å². The Balaban J connectivity index is 0.00000206. The minimum absolute atomic E-state index is 0.